The maximum atomic E-state index is 13.1. The van der Waals surface area contributed by atoms with E-state index in [4.69, 9.17) is 23.2 Å². The van der Waals surface area contributed by atoms with Crippen LogP contribution in [0.25, 0.3) is 0 Å². The molecule has 2 aromatic carbocycles. The van der Waals surface area contributed by atoms with Gasteiger partial charge in [-0.15, -0.1) is 0 Å². The van der Waals surface area contributed by atoms with E-state index >= 15 is 0 Å². The number of anilines is 1. The van der Waals surface area contributed by atoms with Crippen molar-refractivity contribution in [3.8, 4) is 0 Å². The summed E-state index contributed by atoms with van der Waals surface area (Å²) in [6, 6.07) is 13.1. The average Bonchev–Trinajstić information content (AvgIpc) is 2.78. The van der Waals surface area contributed by atoms with Crippen molar-refractivity contribution in [3.05, 3.63) is 58.1 Å². The first-order valence-electron chi connectivity index (χ1n) is 10.8. The van der Waals surface area contributed by atoms with Gasteiger partial charge in [0.1, 0.15) is 4.90 Å². The molecule has 2 aliphatic heterocycles. The molecular formula is C23H27Cl2N3O3S. The Morgan fingerprint density at radius 3 is 2.09 bits per heavy atom. The van der Waals surface area contributed by atoms with Gasteiger partial charge in [0.2, 0.25) is 15.9 Å². The number of sulfonamides is 1. The lowest BCUT2D eigenvalue weighted by molar-refractivity contribution is -0.137. The predicted molar refractivity (Wildman–Crippen MR) is 128 cm³/mol. The first-order valence-corrected chi connectivity index (χ1v) is 13.0. The number of nitrogens with zero attached hydrogens (tertiary/aromatic N) is 3. The lowest BCUT2D eigenvalue weighted by Gasteiger charge is -2.39. The van der Waals surface area contributed by atoms with Crippen LogP contribution in [-0.4, -0.2) is 62.8 Å². The Morgan fingerprint density at radius 1 is 0.906 bits per heavy atom. The lowest BCUT2D eigenvalue weighted by atomic mass is 9.96. The summed E-state index contributed by atoms with van der Waals surface area (Å²) in [7, 11) is -3.80. The van der Waals surface area contributed by atoms with Gasteiger partial charge < -0.3 is 9.80 Å². The van der Waals surface area contributed by atoms with Gasteiger partial charge >= 0.3 is 0 Å². The Kier molecular flexibility index (Phi) is 7.00. The van der Waals surface area contributed by atoms with Gasteiger partial charge in [-0.05, 0) is 49.6 Å². The number of rotatable bonds is 4. The van der Waals surface area contributed by atoms with Crippen molar-refractivity contribution in [1.82, 2.24) is 9.21 Å². The summed E-state index contributed by atoms with van der Waals surface area (Å²) >= 11 is 12.2. The zero-order valence-corrected chi connectivity index (χ0v) is 20.3. The number of carbonyl (C=O) groups excluding carboxylic acids is 1. The van der Waals surface area contributed by atoms with E-state index in [1.54, 1.807) is 6.07 Å². The van der Waals surface area contributed by atoms with Crippen LogP contribution in [0, 0.1) is 12.8 Å². The van der Waals surface area contributed by atoms with Crippen LogP contribution in [0.2, 0.25) is 10.0 Å². The molecule has 0 bridgehead atoms. The highest BCUT2D eigenvalue weighted by molar-refractivity contribution is 7.89. The summed E-state index contributed by atoms with van der Waals surface area (Å²) in [6.45, 7) is 5.60. The largest absolute Gasteiger partial charge is 0.368 e. The first-order chi connectivity index (χ1) is 15.3. The molecule has 0 radical (unpaired) electrons. The molecular weight excluding hydrogens is 469 g/mol. The first kappa shape index (κ1) is 23.4. The molecule has 0 N–H and O–H groups in total. The van der Waals surface area contributed by atoms with Crippen molar-refractivity contribution in [2.45, 2.75) is 24.7 Å². The number of hydrogen-bond donors (Lipinski definition) is 0. The number of amides is 1. The SMILES string of the molecule is Cc1cccc(N2CCN(C(=O)C3CCN(S(=O)(=O)c4c(Cl)cccc4Cl)CC3)CC2)c1. The van der Waals surface area contributed by atoms with E-state index in [1.807, 2.05) is 4.90 Å². The van der Waals surface area contributed by atoms with Crippen molar-refractivity contribution in [2.24, 2.45) is 5.92 Å². The van der Waals surface area contributed by atoms with Crippen molar-refractivity contribution in [1.29, 1.82) is 0 Å². The standard InChI is InChI=1S/C23H27Cl2N3O3S/c1-17-4-2-5-19(16-17)26-12-14-27(15-13-26)23(29)18-8-10-28(11-9-18)32(30,31)22-20(24)6-3-7-21(22)25/h2-7,16,18H,8-15H2,1H3. The van der Waals surface area contributed by atoms with Gasteiger partial charge in [0.25, 0.3) is 0 Å². The van der Waals surface area contributed by atoms with Crippen LogP contribution in [0.15, 0.2) is 47.4 Å². The highest BCUT2D eigenvalue weighted by atomic mass is 35.5. The molecule has 2 aromatic rings. The van der Waals surface area contributed by atoms with Crippen LogP contribution >= 0.6 is 23.2 Å². The zero-order chi connectivity index (χ0) is 22.9. The Hall–Kier alpha value is -1.80. The summed E-state index contributed by atoms with van der Waals surface area (Å²) in [4.78, 5) is 17.3. The summed E-state index contributed by atoms with van der Waals surface area (Å²) in [5.41, 5.74) is 2.41. The molecule has 2 heterocycles. The summed E-state index contributed by atoms with van der Waals surface area (Å²) in [6.07, 6.45) is 0.996. The maximum Gasteiger partial charge on any atom is 0.246 e. The van der Waals surface area contributed by atoms with Gasteiger partial charge in [-0.25, -0.2) is 8.42 Å². The molecule has 0 aromatic heterocycles. The third-order valence-corrected chi connectivity index (χ3v) is 9.13. The fourth-order valence-corrected chi connectivity index (χ4v) is 7.03. The van der Waals surface area contributed by atoms with Crippen LogP contribution in [0.1, 0.15) is 18.4 Å². The molecule has 9 heteroatoms. The van der Waals surface area contributed by atoms with E-state index < -0.39 is 10.0 Å². The van der Waals surface area contributed by atoms with Crippen molar-refractivity contribution >= 4 is 44.8 Å². The number of halogens is 2. The molecule has 0 unspecified atom stereocenters. The van der Waals surface area contributed by atoms with Crippen molar-refractivity contribution < 1.29 is 13.2 Å². The highest BCUT2D eigenvalue weighted by Crippen LogP contribution is 2.33. The Balaban J connectivity index is 1.34. The van der Waals surface area contributed by atoms with Crippen LogP contribution < -0.4 is 4.90 Å². The minimum Gasteiger partial charge on any atom is -0.368 e. The van der Waals surface area contributed by atoms with Gasteiger partial charge in [0.05, 0.1) is 10.0 Å². The minimum atomic E-state index is -3.80. The number of hydrogen-bond acceptors (Lipinski definition) is 4. The smallest absolute Gasteiger partial charge is 0.246 e. The molecule has 2 aliphatic rings. The molecule has 172 valence electrons. The molecule has 0 saturated carbocycles. The minimum absolute atomic E-state index is 0.0552. The maximum absolute atomic E-state index is 13.1. The fraction of sp³-hybridized carbons (Fsp3) is 0.435. The van der Waals surface area contributed by atoms with E-state index in [2.05, 4.69) is 36.1 Å². The normalized spacial score (nSPS) is 18.7. The van der Waals surface area contributed by atoms with E-state index in [1.165, 1.54) is 27.7 Å². The molecule has 0 spiro atoms. The monoisotopic (exact) mass is 495 g/mol. The quantitative estimate of drug-likeness (QED) is 0.641. The average molecular weight is 496 g/mol. The zero-order valence-electron chi connectivity index (χ0n) is 18.0. The van der Waals surface area contributed by atoms with Crippen LogP contribution in [0.4, 0.5) is 5.69 Å². The van der Waals surface area contributed by atoms with Gasteiger partial charge in [-0.3, -0.25) is 4.79 Å². The molecule has 0 atom stereocenters. The fourth-order valence-electron chi connectivity index (χ4n) is 4.47. The Labute approximate surface area is 199 Å². The summed E-state index contributed by atoms with van der Waals surface area (Å²) in [5, 5.41) is 0.226. The van der Waals surface area contributed by atoms with Gasteiger partial charge in [-0.1, -0.05) is 41.4 Å². The van der Waals surface area contributed by atoms with Gasteiger partial charge in [-0.2, -0.15) is 4.31 Å². The molecule has 6 nitrogen and oxygen atoms in total. The Bertz CT molecular complexity index is 1070. The number of aryl methyl sites for hydroxylation is 1. The number of carbonyl (C=O) groups is 1. The second-order valence-electron chi connectivity index (χ2n) is 8.38. The molecule has 2 saturated heterocycles. The molecule has 0 aliphatic carbocycles. The second kappa shape index (κ2) is 9.59. The van der Waals surface area contributed by atoms with E-state index in [-0.39, 0.29) is 39.9 Å². The van der Waals surface area contributed by atoms with Crippen LogP contribution in [-0.2, 0) is 14.8 Å². The molecule has 4 rings (SSSR count). The molecule has 2 fully saturated rings. The highest BCUT2D eigenvalue weighted by Gasteiger charge is 2.36. The summed E-state index contributed by atoms with van der Waals surface area (Å²) < 4.78 is 27.5. The van der Waals surface area contributed by atoms with Crippen LogP contribution in [0.3, 0.4) is 0 Å². The second-order valence-corrected chi connectivity index (χ2v) is 11.1. The number of piperazine rings is 1. The third-order valence-electron chi connectivity index (χ3n) is 6.28. The van der Waals surface area contributed by atoms with Gasteiger partial charge in [0.15, 0.2) is 0 Å². The predicted octanol–water partition coefficient (Wildman–Crippen LogP) is 4.05. The van der Waals surface area contributed by atoms with Gasteiger partial charge in [0, 0.05) is 50.9 Å². The molecule has 32 heavy (non-hydrogen) atoms. The van der Waals surface area contributed by atoms with Crippen molar-refractivity contribution in [2.75, 3.05) is 44.2 Å². The lowest BCUT2D eigenvalue weighted by Crippen LogP contribution is -2.52. The van der Waals surface area contributed by atoms with E-state index in [9.17, 15) is 13.2 Å². The molecule has 1 amide bonds. The number of piperidine rings is 1. The summed E-state index contributed by atoms with van der Waals surface area (Å²) in [5.74, 6) is -0.0320. The topological polar surface area (TPSA) is 60.9 Å². The third kappa shape index (κ3) is 4.76. The van der Waals surface area contributed by atoms with Crippen molar-refractivity contribution in [3.63, 3.8) is 0 Å². The number of benzene rings is 2. The van der Waals surface area contributed by atoms with E-state index in [0.29, 0.717) is 25.9 Å². The Morgan fingerprint density at radius 2 is 1.50 bits per heavy atom. The van der Waals surface area contributed by atoms with Crippen LogP contribution in [0.5, 0.6) is 0 Å². The van der Waals surface area contributed by atoms with E-state index in [0.717, 1.165) is 13.1 Å².